The second-order valence-electron chi connectivity index (χ2n) is 8.56. The molecule has 4 fully saturated rings. The Bertz CT molecular complexity index is 817. The van der Waals surface area contributed by atoms with Gasteiger partial charge in [-0.05, 0) is 50.5 Å². The number of hydrogen-bond acceptors (Lipinski definition) is 7. The highest BCUT2D eigenvalue weighted by Gasteiger charge is 2.49. The van der Waals surface area contributed by atoms with Crippen molar-refractivity contribution >= 4 is 28.2 Å². The maximum atomic E-state index is 12.6. The summed E-state index contributed by atoms with van der Waals surface area (Å²) in [6.07, 6.45) is 6.08. The quantitative estimate of drug-likeness (QED) is 0.309. The van der Waals surface area contributed by atoms with Gasteiger partial charge in [-0.2, -0.15) is 13.5 Å². The Morgan fingerprint density at radius 2 is 1.83 bits per heavy atom. The Labute approximate surface area is 174 Å². The molecule has 0 aromatic carbocycles. The average molecular weight is 445 g/mol. The maximum absolute atomic E-state index is 12.6. The molecule has 3 heterocycles. The monoisotopic (exact) mass is 445 g/mol. The van der Waals surface area contributed by atoms with Gasteiger partial charge >= 0.3 is 16.4 Å². The van der Waals surface area contributed by atoms with E-state index in [1.54, 1.807) is 0 Å². The second kappa shape index (κ2) is 8.29. The number of piperidine rings is 2. The first-order chi connectivity index (χ1) is 14.2. The predicted octanol–water partition coefficient (Wildman–Crippen LogP) is -0.695. The summed E-state index contributed by atoms with van der Waals surface area (Å²) < 4.78 is 35.0. The smallest absolute Gasteiger partial charge is 0.309 e. The van der Waals surface area contributed by atoms with Gasteiger partial charge in [0.15, 0.2) is 0 Å². The Kier molecular flexibility index (Phi) is 5.88. The van der Waals surface area contributed by atoms with Crippen LogP contribution in [0.2, 0.25) is 0 Å². The van der Waals surface area contributed by atoms with Crippen molar-refractivity contribution in [2.75, 3.05) is 13.1 Å². The number of urea groups is 1. The predicted molar refractivity (Wildman–Crippen MR) is 102 cm³/mol. The van der Waals surface area contributed by atoms with Crippen molar-refractivity contribution in [3.8, 4) is 0 Å². The Hall–Kier alpha value is -1.96. The van der Waals surface area contributed by atoms with Crippen molar-refractivity contribution in [3.05, 3.63) is 0 Å². The number of amides is 4. The SMILES string of the molecule is O=C(NNC(=O)[C@@H]1CC[C@@H]2CN1C(=O)N2OS(=O)(=O)O)[C@@H]1C[C@H](CC2CC2)CCN1. The molecule has 2 bridgehead atoms. The number of hydroxylamine groups is 2. The second-order valence-corrected chi connectivity index (χ2v) is 9.57. The van der Waals surface area contributed by atoms with Crippen molar-refractivity contribution < 1.29 is 31.6 Å². The van der Waals surface area contributed by atoms with Crippen LogP contribution in [0.3, 0.4) is 0 Å². The first-order valence-corrected chi connectivity index (χ1v) is 11.7. The number of hydrogen-bond donors (Lipinski definition) is 4. The molecule has 0 spiro atoms. The van der Waals surface area contributed by atoms with Gasteiger partial charge < -0.3 is 10.2 Å². The van der Waals surface area contributed by atoms with Gasteiger partial charge in [-0.25, -0.2) is 4.79 Å². The number of nitrogens with zero attached hydrogens (tertiary/aromatic N) is 2. The van der Waals surface area contributed by atoms with E-state index in [1.165, 1.54) is 17.7 Å². The van der Waals surface area contributed by atoms with Crippen LogP contribution in [0.15, 0.2) is 0 Å². The highest BCUT2D eigenvalue weighted by Crippen LogP contribution is 2.38. The number of rotatable bonds is 6. The first-order valence-electron chi connectivity index (χ1n) is 10.3. The number of nitrogens with one attached hydrogen (secondary N) is 3. The lowest BCUT2D eigenvalue weighted by Gasteiger charge is -2.31. The topological polar surface area (TPSA) is 157 Å². The fourth-order valence-corrected chi connectivity index (χ4v) is 5.02. The number of hydrazine groups is 1. The van der Waals surface area contributed by atoms with E-state index in [1.807, 2.05) is 0 Å². The summed E-state index contributed by atoms with van der Waals surface area (Å²) in [5.41, 5.74) is 4.83. The van der Waals surface area contributed by atoms with E-state index in [0.29, 0.717) is 17.4 Å². The van der Waals surface area contributed by atoms with Crippen LogP contribution in [0, 0.1) is 11.8 Å². The molecule has 30 heavy (non-hydrogen) atoms. The van der Waals surface area contributed by atoms with Crippen molar-refractivity contribution in [2.45, 2.75) is 63.1 Å². The van der Waals surface area contributed by atoms with Crippen molar-refractivity contribution in [1.82, 2.24) is 26.1 Å². The summed E-state index contributed by atoms with van der Waals surface area (Å²) in [6, 6.07) is -2.64. The molecule has 168 valence electrons. The summed E-state index contributed by atoms with van der Waals surface area (Å²) in [7, 11) is -4.85. The molecule has 12 nitrogen and oxygen atoms in total. The van der Waals surface area contributed by atoms with Gasteiger partial charge in [0.2, 0.25) is 0 Å². The normalized spacial score (nSPS) is 31.6. The van der Waals surface area contributed by atoms with Crippen LogP contribution in [-0.4, -0.2) is 72.0 Å². The minimum absolute atomic E-state index is 0.0907. The van der Waals surface area contributed by atoms with Crippen LogP contribution in [0.1, 0.15) is 44.9 Å². The Morgan fingerprint density at radius 3 is 2.53 bits per heavy atom. The third-order valence-electron chi connectivity index (χ3n) is 6.30. The summed E-state index contributed by atoms with van der Waals surface area (Å²) in [5, 5.41) is 3.75. The lowest BCUT2D eigenvalue weighted by atomic mass is 9.88. The van der Waals surface area contributed by atoms with E-state index in [-0.39, 0.29) is 24.9 Å². The van der Waals surface area contributed by atoms with Gasteiger partial charge in [-0.15, -0.1) is 4.28 Å². The summed E-state index contributed by atoms with van der Waals surface area (Å²) in [6.45, 7) is 0.854. The lowest BCUT2D eigenvalue weighted by Crippen LogP contribution is -2.57. The van der Waals surface area contributed by atoms with E-state index >= 15 is 0 Å². The molecule has 0 radical (unpaired) electrons. The van der Waals surface area contributed by atoms with Crippen LogP contribution in [0.5, 0.6) is 0 Å². The molecule has 3 saturated heterocycles. The van der Waals surface area contributed by atoms with Crippen LogP contribution in [0.4, 0.5) is 4.79 Å². The Morgan fingerprint density at radius 1 is 1.10 bits per heavy atom. The van der Waals surface area contributed by atoms with Gasteiger partial charge in [-0.3, -0.25) is 25.0 Å². The largest absolute Gasteiger partial charge is 0.418 e. The highest BCUT2D eigenvalue weighted by atomic mass is 32.3. The number of carbonyl (C=O) groups excluding carboxylic acids is 3. The van der Waals surface area contributed by atoms with Gasteiger partial charge in [-0.1, -0.05) is 12.8 Å². The molecule has 4 aliphatic rings. The molecule has 4 N–H and O–H groups in total. The fraction of sp³-hybridized carbons (Fsp3) is 0.824. The molecule has 4 amide bonds. The van der Waals surface area contributed by atoms with Gasteiger partial charge in [0, 0.05) is 6.54 Å². The molecule has 4 atom stereocenters. The number of fused-ring (bicyclic) bond motifs is 2. The third kappa shape index (κ3) is 4.85. The molecular formula is C17H27N5O7S. The minimum atomic E-state index is -4.85. The van der Waals surface area contributed by atoms with Crippen LogP contribution in [-0.2, 0) is 24.3 Å². The van der Waals surface area contributed by atoms with Crippen molar-refractivity contribution in [3.63, 3.8) is 0 Å². The molecule has 13 heteroatoms. The van der Waals surface area contributed by atoms with E-state index in [4.69, 9.17) is 4.55 Å². The number of carbonyl (C=O) groups is 3. The lowest BCUT2D eigenvalue weighted by molar-refractivity contribution is -0.133. The Balaban J connectivity index is 1.28. The zero-order chi connectivity index (χ0) is 21.5. The molecular weight excluding hydrogens is 418 g/mol. The van der Waals surface area contributed by atoms with E-state index < -0.39 is 34.4 Å². The van der Waals surface area contributed by atoms with E-state index in [2.05, 4.69) is 20.5 Å². The van der Waals surface area contributed by atoms with E-state index in [9.17, 15) is 22.8 Å². The molecule has 1 saturated carbocycles. The van der Waals surface area contributed by atoms with Crippen molar-refractivity contribution in [2.24, 2.45) is 11.8 Å². The molecule has 0 aromatic rings. The van der Waals surface area contributed by atoms with Gasteiger partial charge in [0.1, 0.15) is 6.04 Å². The minimum Gasteiger partial charge on any atom is -0.309 e. The average Bonchev–Trinajstić information content (AvgIpc) is 3.49. The standard InChI is InChI=1S/C17H27N5O7S/c23-15(13-8-11(5-6-18-13)7-10-1-2-10)19-20-16(24)14-4-3-12-9-21(14)17(25)22(12)29-30(26,27)28/h10-14,18H,1-9H2,(H,19,23)(H,20,24)(H,26,27,28)/t11-,12+,13-,14-/m0/s1. The third-order valence-corrected chi connectivity index (χ3v) is 6.65. The molecule has 3 aliphatic heterocycles. The molecule has 0 unspecified atom stereocenters. The van der Waals surface area contributed by atoms with Crippen molar-refractivity contribution in [1.29, 1.82) is 0 Å². The summed E-state index contributed by atoms with van der Waals surface area (Å²) in [4.78, 5) is 38.6. The maximum Gasteiger partial charge on any atom is 0.418 e. The van der Waals surface area contributed by atoms with Crippen LogP contribution in [0.25, 0.3) is 0 Å². The highest BCUT2D eigenvalue weighted by molar-refractivity contribution is 7.80. The summed E-state index contributed by atoms with van der Waals surface area (Å²) >= 11 is 0. The molecule has 1 aliphatic carbocycles. The van der Waals surface area contributed by atoms with Gasteiger partial charge in [0.25, 0.3) is 11.8 Å². The van der Waals surface area contributed by atoms with Gasteiger partial charge in [0.05, 0.1) is 12.1 Å². The molecule has 0 aromatic heterocycles. The van der Waals surface area contributed by atoms with Crippen LogP contribution >= 0.6 is 0 Å². The zero-order valence-electron chi connectivity index (χ0n) is 16.5. The summed E-state index contributed by atoms with van der Waals surface area (Å²) in [5.74, 6) is 0.432. The van der Waals surface area contributed by atoms with Crippen LogP contribution < -0.4 is 16.2 Å². The van der Waals surface area contributed by atoms with E-state index in [0.717, 1.165) is 31.7 Å². The zero-order valence-corrected chi connectivity index (χ0v) is 17.3. The first kappa shape index (κ1) is 21.3. The molecule has 4 rings (SSSR count). The fourth-order valence-electron chi connectivity index (χ4n) is 4.63.